The second-order valence-corrected chi connectivity index (χ2v) is 7.46. The topological polar surface area (TPSA) is 58.6 Å². The van der Waals surface area contributed by atoms with E-state index in [1.54, 1.807) is 4.90 Å². The number of rotatable bonds is 4. The molecule has 0 aromatic carbocycles. The molecule has 2 saturated heterocycles. The molecule has 27 heavy (non-hydrogen) atoms. The van der Waals surface area contributed by atoms with Crippen LogP contribution in [0.3, 0.4) is 0 Å². The number of methoxy groups -OCH3 is 1. The van der Waals surface area contributed by atoms with Crippen LogP contribution in [0.25, 0.3) is 0 Å². The molecule has 1 saturated carbocycles. The van der Waals surface area contributed by atoms with Gasteiger partial charge in [-0.25, -0.2) is 4.98 Å². The molecule has 4 atom stereocenters. The summed E-state index contributed by atoms with van der Waals surface area (Å²) in [7, 11) is 1.19. The van der Waals surface area contributed by atoms with E-state index < -0.39 is 53.9 Å². The molecular formula is C18H23F3N4O2. The SMILES string of the molecule is [2H]C1([2H])C2C(CC(=O)OC)C2(C)C([2H])([2H])N1c1cc(C(F)(F)F)nc(N2CC[C@@H]2C)n1. The quantitative estimate of drug-likeness (QED) is 0.740. The molecule has 6 nitrogen and oxygen atoms in total. The average molecular weight is 388 g/mol. The molecule has 2 aliphatic heterocycles. The first-order valence-corrected chi connectivity index (χ1v) is 8.77. The second-order valence-electron chi connectivity index (χ2n) is 7.46. The number of fused-ring (bicyclic) bond motifs is 1. The number of hydrogen-bond acceptors (Lipinski definition) is 6. The lowest BCUT2D eigenvalue weighted by molar-refractivity contribution is -0.142. The maximum atomic E-state index is 13.5. The van der Waals surface area contributed by atoms with Crippen molar-refractivity contribution in [3.63, 3.8) is 0 Å². The summed E-state index contributed by atoms with van der Waals surface area (Å²) in [6.45, 7) is -0.980. The van der Waals surface area contributed by atoms with Gasteiger partial charge in [-0.15, -0.1) is 0 Å². The number of aromatic nitrogens is 2. The van der Waals surface area contributed by atoms with Gasteiger partial charge in [0.25, 0.3) is 0 Å². The van der Waals surface area contributed by atoms with Gasteiger partial charge >= 0.3 is 12.1 Å². The van der Waals surface area contributed by atoms with Gasteiger partial charge < -0.3 is 14.5 Å². The lowest BCUT2D eigenvalue weighted by Crippen LogP contribution is -2.47. The Labute approximate surface area is 161 Å². The molecule has 3 unspecified atom stereocenters. The standard InChI is InChI=1S/C18H23F3N4O2/c1-10-4-5-25(10)16-22-13(18(19,20)21)7-14(23-16)24-8-12-11(6-15(26)27-3)17(12,2)9-24/h7,10-12H,4-6,8-9H2,1-3H3/t10-,11?,12?,17?/m0/s1/i8D2,9D2. The Balaban J connectivity index is 1.78. The summed E-state index contributed by atoms with van der Waals surface area (Å²) in [4.78, 5) is 21.7. The van der Waals surface area contributed by atoms with Crippen LogP contribution in [0.1, 0.15) is 37.9 Å². The van der Waals surface area contributed by atoms with Crippen molar-refractivity contribution in [3.05, 3.63) is 11.8 Å². The highest BCUT2D eigenvalue weighted by atomic mass is 19.4. The van der Waals surface area contributed by atoms with Crippen molar-refractivity contribution in [2.75, 3.05) is 36.4 Å². The Morgan fingerprint density at radius 3 is 2.70 bits per heavy atom. The molecule has 0 bridgehead atoms. The van der Waals surface area contributed by atoms with Crippen molar-refractivity contribution >= 4 is 17.7 Å². The van der Waals surface area contributed by atoms with E-state index in [0.717, 1.165) is 6.42 Å². The van der Waals surface area contributed by atoms with Gasteiger partial charge in [0.1, 0.15) is 5.82 Å². The summed E-state index contributed by atoms with van der Waals surface area (Å²) in [5, 5.41) is 0. The largest absolute Gasteiger partial charge is 0.469 e. The van der Waals surface area contributed by atoms with Crippen molar-refractivity contribution in [2.24, 2.45) is 17.3 Å². The van der Waals surface area contributed by atoms with Crippen molar-refractivity contribution in [3.8, 4) is 0 Å². The third-order valence-electron chi connectivity index (χ3n) is 5.74. The lowest BCUT2D eigenvalue weighted by atomic mass is 10.1. The fraction of sp³-hybridized carbons (Fsp3) is 0.722. The number of ether oxygens (including phenoxy) is 1. The van der Waals surface area contributed by atoms with E-state index in [0.29, 0.717) is 17.5 Å². The van der Waals surface area contributed by atoms with E-state index in [1.807, 2.05) is 6.92 Å². The summed E-state index contributed by atoms with van der Waals surface area (Å²) in [6.07, 6.45) is -4.21. The zero-order valence-electron chi connectivity index (χ0n) is 19.2. The van der Waals surface area contributed by atoms with Crippen LogP contribution in [-0.2, 0) is 15.7 Å². The highest BCUT2D eigenvalue weighted by molar-refractivity contribution is 5.70. The van der Waals surface area contributed by atoms with Crippen LogP contribution < -0.4 is 9.80 Å². The number of esters is 1. The summed E-state index contributed by atoms with van der Waals surface area (Å²) in [5.41, 5.74) is -2.55. The first-order valence-electron chi connectivity index (χ1n) is 10.8. The third-order valence-corrected chi connectivity index (χ3v) is 5.74. The molecule has 1 aliphatic carbocycles. The number of carbonyl (C=O) groups is 1. The number of nitrogens with zero attached hydrogens (tertiary/aromatic N) is 4. The van der Waals surface area contributed by atoms with Crippen LogP contribution in [-0.4, -0.2) is 48.6 Å². The predicted octanol–water partition coefficient (Wildman–Crippen LogP) is 2.73. The van der Waals surface area contributed by atoms with E-state index in [2.05, 4.69) is 14.7 Å². The Morgan fingerprint density at radius 1 is 1.48 bits per heavy atom. The van der Waals surface area contributed by atoms with Crippen LogP contribution in [0.2, 0.25) is 0 Å². The maximum Gasteiger partial charge on any atom is 0.433 e. The minimum Gasteiger partial charge on any atom is -0.469 e. The first kappa shape index (κ1) is 14.0. The van der Waals surface area contributed by atoms with Crippen LogP contribution in [0.15, 0.2) is 6.07 Å². The van der Waals surface area contributed by atoms with Gasteiger partial charge in [0.05, 0.1) is 7.11 Å². The van der Waals surface area contributed by atoms with Gasteiger partial charge in [0.15, 0.2) is 5.69 Å². The smallest absolute Gasteiger partial charge is 0.433 e. The van der Waals surface area contributed by atoms with Crippen molar-refractivity contribution in [1.82, 2.24) is 9.97 Å². The molecule has 0 radical (unpaired) electrons. The summed E-state index contributed by atoms with van der Waals surface area (Å²) in [5.74, 6) is -2.80. The van der Waals surface area contributed by atoms with E-state index in [1.165, 1.54) is 14.0 Å². The van der Waals surface area contributed by atoms with Gasteiger partial charge in [0.2, 0.25) is 5.95 Å². The number of hydrogen-bond donors (Lipinski definition) is 0. The fourth-order valence-corrected chi connectivity index (χ4v) is 3.73. The minimum atomic E-state index is -4.81. The van der Waals surface area contributed by atoms with Crippen molar-refractivity contribution in [2.45, 2.75) is 38.9 Å². The van der Waals surface area contributed by atoms with E-state index in [9.17, 15) is 18.0 Å². The monoisotopic (exact) mass is 388 g/mol. The normalized spacial score (nSPS) is 38.1. The van der Waals surface area contributed by atoms with Gasteiger partial charge in [-0.2, -0.15) is 18.2 Å². The molecule has 0 N–H and O–H groups in total. The number of piperidine rings is 1. The molecule has 3 aliphatic rings. The Bertz CT molecular complexity index is 932. The molecule has 3 heterocycles. The third kappa shape index (κ3) is 3.00. The Kier molecular flexibility index (Phi) is 3.10. The molecular weight excluding hydrogens is 361 g/mol. The zero-order chi connectivity index (χ0) is 23.1. The molecule has 0 spiro atoms. The first-order chi connectivity index (χ1) is 14.2. The number of halogens is 3. The van der Waals surface area contributed by atoms with Crippen LogP contribution >= 0.6 is 0 Å². The number of carbonyl (C=O) groups excluding carboxylic acids is 1. The van der Waals surface area contributed by atoms with Gasteiger partial charge in [-0.3, -0.25) is 4.79 Å². The van der Waals surface area contributed by atoms with Crippen LogP contribution in [0.4, 0.5) is 24.9 Å². The highest BCUT2D eigenvalue weighted by Crippen LogP contribution is 2.64. The summed E-state index contributed by atoms with van der Waals surface area (Å²) >= 11 is 0. The zero-order valence-corrected chi connectivity index (χ0v) is 15.2. The molecule has 0 amide bonds. The molecule has 148 valence electrons. The van der Waals surface area contributed by atoms with Gasteiger partial charge in [0, 0.05) is 43.6 Å². The average Bonchev–Trinajstić information content (AvgIpc) is 3.21. The van der Waals surface area contributed by atoms with Gasteiger partial charge in [-0.05, 0) is 30.6 Å². The Hall–Kier alpha value is -2.06. The summed E-state index contributed by atoms with van der Waals surface area (Å²) in [6, 6.07) is 0.520. The number of anilines is 2. The second kappa shape index (κ2) is 5.97. The maximum absolute atomic E-state index is 13.5. The minimum absolute atomic E-state index is 0.0706. The molecule has 4 rings (SSSR count). The predicted molar refractivity (Wildman–Crippen MR) is 92.4 cm³/mol. The summed E-state index contributed by atoms with van der Waals surface area (Å²) < 4.78 is 79.8. The van der Waals surface area contributed by atoms with Crippen molar-refractivity contribution < 1.29 is 28.2 Å². The molecule has 1 aromatic rings. The fourth-order valence-electron chi connectivity index (χ4n) is 3.73. The van der Waals surface area contributed by atoms with Crippen LogP contribution in [0, 0.1) is 17.3 Å². The lowest BCUT2D eigenvalue weighted by Gasteiger charge is -2.39. The molecule has 1 aromatic heterocycles. The number of alkyl halides is 3. The Morgan fingerprint density at radius 2 is 2.22 bits per heavy atom. The molecule has 9 heteroatoms. The van der Waals surface area contributed by atoms with E-state index >= 15 is 0 Å². The molecule has 3 fully saturated rings. The highest BCUT2D eigenvalue weighted by Gasteiger charge is 2.66. The van der Waals surface area contributed by atoms with Crippen molar-refractivity contribution in [1.29, 1.82) is 0 Å². The van der Waals surface area contributed by atoms with Crippen LogP contribution in [0.5, 0.6) is 0 Å². The van der Waals surface area contributed by atoms with E-state index in [-0.39, 0.29) is 18.4 Å². The van der Waals surface area contributed by atoms with E-state index in [4.69, 9.17) is 5.48 Å². The van der Waals surface area contributed by atoms with Gasteiger partial charge in [-0.1, -0.05) is 6.92 Å².